The van der Waals surface area contributed by atoms with E-state index in [9.17, 15) is 0 Å². The zero-order chi connectivity index (χ0) is 23.3. The third-order valence-electron chi connectivity index (χ3n) is 5.81. The average molecular weight is 471 g/mol. The van der Waals surface area contributed by atoms with Gasteiger partial charge in [0.05, 0.1) is 15.9 Å². The van der Waals surface area contributed by atoms with Gasteiger partial charge in [0.1, 0.15) is 0 Å². The largest absolute Gasteiger partial charge is 0.359 e. The number of aryl methyl sites for hydroxylation is 1. The van der Waals surface area contributed by atoms with Gasteiger partial charge >= 0.3 is 0 Å². The van der Waals surface area contributed by atoms with Crippen LogP contribution >= 0.6 is 11.3 Å². The molecule has 0 spiro atoms. The second-order valence-electron chi connectivity index (χ2n) is 8.48. The lowest BCUT2D eigenvalue weighted by Crippen LogP contribution is -2.30. The number of hydrogen-bond acceptors (Lipinski definition) is 6. The summed E-state index contributed by atoms with van der Waals surface area (Å²) in [5, 5.41) is 11.6. The number of aromatic amines is 1. The van der Waals surface area contributed by atoms with E-state index in [1.165, 1.54) is 31.8 Å². The Balaban J connectivity index is 1.30. The van der Waals surface area contributed by atoms with Gasteiger partial charge in [-0.15, -0.1) is 11.3 Å². The van der Waals surface area contributed by atoms with Crippen LogP contribution in [0.3, 0.4) is 0 Å². The van der Waals surface area contributed by atoms with E-state index in [4.69, 9.17) is 5.73 Å². The topological polar surface area (TPSA) is 90.8 Å². The second kappa shape index (κ2) is 10.4. The van der Waals surface area contributed by atoms with Crippen molar-refractivity contribution in [3.8, 4) is 10.4 Å². The Labute approximate surface area is 203 Å². The number of nitrogens with zero attached hydrogens (tertiary/aromatic N) is 1. The zero-order valence-corrected chi connectivity index (χ0v) is 20.1. The van der Waals surface area contributed by atoms with Crippen molar-refractivity contribution in [1.82, 2.24) is 20.6 Å². The molecule has 0 amide bonds. The van der Waals surface area contributed by atoms with Crippen LogP contribution in [0.2, 0.25) is 0 Å². The molecule has 0 bridgehead atoms. The molecular formula is C27H30N6S. The maximum absolute atomic E-state index is 5.49. The fourth-order valence-electron chi connectivity index (χ4n) is 4.11. The highest BCUT2D eigenvalue weighted by molar-refractivity contribution is 7.22. The first-order chi connectivity index (χ1) is 16.7. The highest BCUT2D eigenvalue weighted by Crippen LogP contribution is 2.37. The number of nitrogens with two attached hydrogens (primary N) is 1. The first-order valence-corrected chi connectivity index (χ1v) is 12.5. The number of aromatic nitrogens is 2. The molecule has 2 aromatic carbocycles. The maximum atomic E-state index is 5.49. The minimum Gasteiger partial charge on any atom is -0.359 e. The summed E-state index contributed by atoms with van der Waals surface area (Å²) < 4.78 is 1.17. The molecule has 0 aliphatic heterocycles. The van der Waals surface area contributed by atoms with Crippen molar-refractivity contribution in [3.63, 3.8) is 0 Å². The van der Waals surface area contributed by atoms with E-state index in [0.29, 0.717) is 6.54 Å². The lowest BCUT2D eigenvalue weighted by Gasteiger charge is -2.07. The lowest BCUT2D eigenvalue weighted by molar-refractivity contribution is 0.615. The van der Waals surface area contributed by atoms with Crippen LogP contribution < -0.4 is 21.7 Å². The Kier molecular flexibility index (Phi) is 6.87. The van der Waals surface area contributed by atoms with Crippen molar-refractivity contribution < 1.29 is 0 Å². The van der Waals surface area contributed by atoms with Gasteiger partial charge in [-0.25, -0.2) is 0 Å². The van der Waals surface area contributed by atoms with Gasteiger partial charge in [-0.3, -0.25) is 4.98 Å². The van der Waals surface area contributed by atoms with E-state index in [0.717, 1.165) is 48.6 Å². The normalized spacial score (nSPS) is 11.5. The van der Waals surface area contributed by atoms with Crippen LogP contribution in [0.5, 0.6) is 0 Å². The second-order valence-corrected chi connectivity index (χ2v) is 9.53. The first kappa shape index (κ1) is 22.6. The molecule has 5 aromatic rings. The number of hydrogen-bond donors (Lipinski definition) is 5. The van der Waals surface area contributed by atoms with Crippen molar-refractivity contribution in [1.29, 1.82) is 0 Å². The molecule has 0 radical (unpaired) electrons. The van der Waals surface area contributed by atoms with E-state index >= 15 is 0 Å². The van der Waals surface area contributed by atoms with Crippen LogP contribution in [-0.2, 0) is 6.54 Å². The molecule has 0 saturated carbocycles. The van der Waals surface area contributed by atoms with E-state index < -0.39 is 0 Å². The summed E-state index contributed by atoms with van der Waals surface area (Å²) in [6, 6.07) is 21.6. The molecule has 6 nitrogen and oxygen atoms in total. The molecule has 0 atom stereocenters. The van der Waals surface area contributed by atoms with Crippen LogP contribution in [0.1, 0.15) is 11.3 Å². The van der Waals surface area contributed by atoms with Gasteiger partial charge in [0.2, 0.25) is 0 Å². The number of thiophene rings is 1. The Bertz CT molecular complexity index is 1390. The summed E-state index contributed by atoms with van der Waals surface area (Å²) >= 11 is 1.77. The quantitative estimate of drug-likeness (QED) is 0.183. The van der Waals surface area contributed by atoms with Crippen molar-refractivity contribution in [2.45, 2.75) is 13.5 Å². The molecule has 0 aliphatic carbocycles. The molecular weight excluding hydrogens is 440 g/mol. The Morgan fingerprint density at radius 1 is 0.941 bits per heavy atom. The van der Waals surface area contributed by atoms with Gasteiger partial charge in [-0.1, -0.05) is 24.3 Å². The van der Waals surface area contributed by atoms with Crippen LogP contribution in [0.4, 0.5) is 11.4 Å². The van der Waals surface area contributed by atoms with Gasteiger partial charge in [0.25, 0.3) is 0 Å². The molecule has 5 rings (SSSR count). The van der Waals surface area contributed by atoms with Crippen LogP contribution in [0.25, 0.3) is 31.6 Å². The number of rotatable bonds is 10. The number of pyridine rings is 1. The van der Waals surface area contributed by atoms with Gasteiger partial charge in [0, 0.05) is 66.1 Å². The van der Waals surface area contributed by atoms with E-state index in [2.05, 4.69) is 87.4 Å². The van der Waals surface area contributed by atoms with Crippen molar-refractivity contribution in [2.75, 3.05) is 31.5 Å². The van der Waals surface area contributed by atoms with Crippen LogP contribution in [0, 0.1) is 6.92 Å². The third kappa shape index (κ3) is 5.13. The van der Waals surface area contributed by atoms with Crippen molar-refractivity contribution in [2.24, 2.45) is 5.73 Å². The van der Waals surface area contributed by atoms with Crippen LogP contribution in [-0.4, -0.2) is 36.1 Å². The number of H-pyrrole nitrogens is 1. The number of benzene rings is 2. The van der Waals surface area contributed by atoms with E-state index in [-0.39, 0.29) is 0 Å². The minimum absolute atomic E-state index is 0.676. The fraction of sp³-hybridized carbons (Fsp3) is 0.222. The summed E-state index contributed by atoms with van der Waals surface area (Å²) in [4.78, 5) is 9.21. The van der Waals surface area contributed by atoms with Crippen LogP contribution in [0.15, 0.2) is 66.9 Å². The van der Waals surface area contributed by atoms with Crippen molar-refractivity contribution >= 4 is 43.8 Å². The van der Waals surface area contributed by atoms with Gasteiger partial charge < -0.3 is 26.7 Å². The van der Waals surface area contributed by atoms with Gasteiger partial charge in [-0.2, -0.15) is 0 Å². The molecule has 174 valence electrons. The molecule has 0 aliphatic rings. The number of fused-ring (bicyclic) bond motifs is 2. The number of anilines is 2. The molecule has 0 saturated heterocycles. The Hall–Kier alpha value is -3.23. The lowest BCUT2D eigenvalue weighted by atomic mass is 10.1. The number of nitrogens with one attached hydrogen (secondary N) is 4. The molecule has 7 heteroatoms. The SMILES string of the molecule is Cc1cc2cc(Nc3ccnc4cc(-c5ccc(CNCCNCCN)cc5)sc34)ccc2[nH]1. The predicted molar refractivity (Wildman–Crippen MR) is 145 cm³/mol. The Morgan fingerprint density at radius 3 is 2.65 bits per heavy atom. The highest BCUT2D eigenvalue weighted by atomic mass is 32.1. The molecule has 3 aromatic heterocycles. The summed E-state index contributed by atoms with van der Waals surface area (Å²) in [7, 11) is 0. The molecule has 3 heterocycles. The van der Waals surface area contributed by atoms with E-state index in [1.807, 2.05) is 12.3 Å². The summed E-state index contributed by atoms with van der Waals surface area (Å²) in [6.07, 6.45) is 1.87. The van der Waals surface area contributed by atoms with Gasteiger partial charge in [-0.05, 0) is 54.4 Å². The summed E-state index contributed by atoms with van der Waals surface area (Å²) in [6.45, 7) is 6.33. The minimum atomic E-state index is 0.676. The average Bonchev–Trinajstić information content (AvgIpc) is 3.45. The zero-order valence-electron chi connectivity index (χ0n) is 19.3. The smallest absolute Gasteiger partial charge is 0.0837 e. The molecule has 0 unspecified atom stereocenters. The maximum Gasteiger partial charge on any atom is 0.0837 e. The third-order valence-corrected chi connectivity index (χ3v) is 7.02. The summed E-state index contributed by atoms with van der Waals surface area (Å²) in [5.41, 5.74) is 13.5. The molecule has 0 fully saturated rings. The van der Waals surface area contributed by atoms with E-state index in [1.54, 1.807) is 11.3 Å². The van der Waals surface area contributed by atoms with Crippen molar-refractivity contribution in [3.05, 3.63) is 78.1 Å². The Morgan fingerprint density at radius 2 is 1.79 bits per heavy atom. The highest BCUT2D eigenvalue weighted by Gasteiger charge is 2.10. The predicted octanol–water partition coefficient (Wildman–Crippen LogP) is 5.13. The molecule has 34 heavy (non-hydrogen) atoms. The fourth-order valence-corrected chi connectivity index (χ4v) is 5.20. The summed E-state index contributed by atoms with van der Waals surface area (Å²) in [5.74, 6) is 0. The first-order valence-electron chi connectivity index (χ1n) is 11.7. The molecule has 6 N–H and O–H groups in total. The van der Waals surface area contributed by atoms with Gasteiger partial charge in [0.15, 0.2) is 0 Å². The standard InChI is InChI=1S/C27H30N6S/c1-18-14-21-15-22(6-7-23(21)32-18)33-24-8-10-31-25-16-26(34-27(24)25)20-4-2-19(3-5-20)17-30-13-12-29-11-9-28/h2-8,10,14-16,29-30,32H,9,11-13,17,28H2,1H3,(H,31,33). The monoisotopic (exact) mass is 470 g/mol.